The van der Waals surface area contributed by atoms with Gasteiger partial charge < -0.3 is 14.9 Å². The molecule has 6 aromatic rings. The minimum absolute atomic E-state index is 0.331. The number of nitrogens with zero attached hydrogens (tertiary/aromatic N) is 5. The first-order chi connectivity index (χ1) is 20.5. The summed E-state index contributed by atoms with van der Waals surface area (Å²) in [6.45, 7) is 12.4. The summed E-state index contributed by atoms with van der Waals surface area (Å²) in [7, 11) is 0. The molecule has 218 valence electrons. The van der Waals surface area contributed by atoms with Crippen molar-refractivity contribution in [2.45, 2.75) is 78.6 Å². The lowest BCUT2D eigenvalue weighted by atomic mass is 10.1. The molecule has 0 saturated carbocycles. The lowest BCUT2D eigenvalue weighted by Gasteiger charge is -2.24. The van der Waals surface area contributed by atoms with Gasteiger partial charge in [-0.3, -0.25) is 14.9 Å². The molecule has 0 bridgehead atoms. The van der Waals surface area contributed by atoms with E-state index in [-0.39, 0.29) is 0 Å². The molecule has 0 atom stereocenters. The third kappa shape index (κ3) is 5.18. The zero-order valence-electron chi connectivity index (χ0n) is 25.6. The van der Waals surface area contributed by atoms with Crippen LogP contribution in [-0.2, 0) is 13.1 Å². The molecule has 0 fully saturated rings. The predicted octanol–water partition coefficient (Wildman–Crippen LogP) is 8.38. The minimum atomic E-state index is 0.331. The lowest BCUT2D eigenvalue weighted by molar-refractivity contribution is 0.246. The Kier molecular flexibility index (Phi) is 8.27. The Bertz CT molecular complexity index is 1700. The second kappa shape index (κ2) is 12.2. The van der Waals surface area contributed by atoms with Gasteiger partial charge in [-0.1, -0.05) is 49.2 Å². The van der Waals surface area contributed by atoms with E-state index in [1.54, 1.807) is 0 Å². The van der Waals surface area contributed by atoms with Gasteiger partial charge in [-0.25, -0.2) is 0 Å². The van der Waals surface area contributed by atoms with Crippen LogP contribution in [0.3, 0.4) is 0 Å². The molecule has 4 heterocycles. The summed E-state index contributed by atoms with van der Waals surface area (Å²) in [5.41, 5.74) is 13.1. The molecule has 6 heteroatoms. The zero-order chi connectivity index (χ0) is 29.2. The van der Waals surface area contributed by atoms with Crippen LogP contribution in [0.15, 0.2) is 73.1 Å². The van der Waals surface area contributed by atoms with Gasteiger partial charge in [0.2, 0.25) is 0 Å². The molecule has 2 aromatic carbocycles. The van der Waals surface area contributed by atoms with Crippen molar-refractivity contribution in [1.29, 1.82) is 0 Å². The summed E-state index contributed by atoms with van der Waals surface area (Å²) in [6.07, 6.45) is 8.56. The van der Waals surface area contributed by atoms with Crippen LogP contribution in [0.1, 0.15) is 76.8 Å². The van der Waals surface area contributed by atoms with Gasteiger partial charge >= 0.3 is 0 Å². The Morgan fingerprint density at radius 1 is 0.619 bits per heavy atom. The van der Waals surface area contributed by atoms with Crippen molar-refractivity contribution in [2.75, 3.05) is 13.1 Å². The van der Waals surface area contributed by atoms with Crippen LogP contribution in [0.25, 0.3) is 43.6 Å². The lowest BCUT2D eigenvalue weighted by Crippen LogP contribution is -2.26. The van der Waals surface area contributed by atoms with Gasteiger partial charge in [-0.2, -0.15) is 0 Å². The van der Waals surface area contributed by atoms with Crippen LogP contribution in [-0.4, -0.2) is 37.1 Å². The Morgan fingerprint density at radius 3 is 1.57 bits per heavy atom. The van der Waals surface area contributed by atoms with Gasteiger partial charge in [-0.05, 0) is 77.9 Å². The van der Waals surface area contributed by atoms with E-state index in [4.69, 9.17) is 15.7 Å². The zero-order valence-corrected chi connectivity index (χ0v) is 25.6. The van der Waals surface area contributed by atoms with Crippen molar-refractivity contribution in [3.05, 3.63) is 84.4 Å². The molecular formula is C36H44N6. The number of nitrogens with two attached hydrogens (primary N) is 1. The molecule has 0 aliphatic heterocycles. The number of hydrogen-bond acceptors (Lipinski definition) is 4. The summed E-state index contributed by atoms with van der Waals surface area (Å²) in [5, 5.41) is 5.16. The second-order valence-corrected chi connectivity index (χ2v) is 12.2. The van der Waals surface area contributed by atoms with Crippen LogP contribution in [0.2, 0.25) is 0 Å². The largest absolute Gasteiger partial charge is 0.336 e. The fourth-order valence-corrected chi connectivity index (χ4v) is 6.81. The minimum Gasteiger partial charge on any atom is -0.336 e. The SMILES string of the molecule is CC(C)n1c2ccccc2c2ccnc(CN(CCCCCCN)Cc3nccc4c5ccccc5n(C(C)C)c34)c21. The van der Waals surface area contributed by atoms with E-state index in [2.05, 4.69) is 102 Å². The van der Waals surface area contributed by atoms with Crippen molar-refractivity contribution in [3.8, 4) is 0 Å². The highest BCUT2D eigenvalue weighted by Gasteiger charge is 2.21. The van der Waals surface area contributed by atoms with E-state index >= 15 is 0 Å². The van der Waals surface area contributed by atoms with Crippen LogP contribution >= 0.6 is 0 Å². The molecule has 0 amide bonds. The Hall–Kier alpha value is -3.74. The van der Waals surface area contributed by atoms with Crippen molar-refractivity contribution in [1.82, 2.24) is 24.0 Å². The molecule has 42 heavy (non-hydrogen) atoms. The highest BCUT2D eigenvalue weighted by molar-refractivity contribution is 6.09. The first-order valence-corrected chi connectivity index (χ1v) is 15.6. The molecule has 4 aromatic heterocycles. The average molecular weight is 561 g/mol. The van der Waals surface area contributed by atoms with Crippen molar-refractivity contribution < 1.29 is 0 Å². The van der Waals surface area contributed by atoms with Crippen molar-refractivity contribution in [3.63, 3.8) is 0 Å². The van der Waals surface area contributed by atoms with Gasteiger partial charge in [0.15, 0.2) is 0 Å². The molecule has 0 aliphatic rings. The number of hydrogen-bond donors (Lipinski definition) is 1. The number of pyridine rings is 2. The van der Waals surface area contributed by atoms with Gasteiger partial charge in [0.25, 0.3) is 0 Å². The van der Waals surface area contributed by atoms with Gasteiger partial charge in [0.1, 0.15) is 0 Å². The van der Waals surface area contributed by atoms with E-state index in [1.165, 1.54) is 56.5 Å². The summed E-state index contributed by atoms with van der Waals surface area (Å²) in [5.74, 6) is 0. The number of fused-ring (bicyclic) bond motifs is 6. The van der Waals surface area contributed by atoms with E-state index in [1.807, 2.05) is 12.4 Å². The van der Waals surface area contributed by atoms with E-state index in [0.29, 0.717) is 12.1 Å². The molecule has 0 unspecified atom stereocenters. The molecule has 0 radical (unpaired) electrons. The van der Waals surface area contributed by atoms with Gasteiger partial charge in [-0.15, -0.1) is 0 Å². The first kappa shape index (κ1) is 28.4. The second-order valence-electron chi connectivity index (χ2n) is 12.2. The van der Waals surface area contributed by atoms with Crippen LogP contribution in [0.4, 0.5) is 0 Å². The van der Waals surface area contributed by atoms with Crippen molar-refractivity contribution >= 4 is 43.6 Å². The topological polar surface area (TPSA) is 64.9 Å². The maximum atomic E-state index is 5.79. The standard InChI is InChI=1S/C36H44N6/c1-25(2)41-33-15-9-7-13-27(33)29-17-20-38-31(35(29)41)23-40(22-12-6-5-11-19-37)24-32-36-30(18-21-39-32)28-14-8-10-16-34(28)42(36)26(3)4/h7-10,13-18,20-21,25-26H,5-6,11-12,19,22-24,37H2,1-4H3. The maximum Gasteiger partial charge on any atom is 0.0786 e. The van der Waals surface area contributed by atoms with Crippen LogP contribution in [0.5, 0.6) is 0 Å². The van der Waals surface area contributed by atoms with E-state index in [9.17, 15) is 0 Å². The van der Waals surface area contributed by atoms with Crippen LogP contribution in [0, 0.1) is 0 Å². The first-order valence-electron chi connectivity index (χ1n) is 15.6. The normalized spacial score (nSPS) is 12.4. The quantitative estimate of drug-likeness (QED) is 0.153. The van der Waals surface area contributed by atoms with Gasteiger partial charge in [0.05, 0.1) is 22.4 Å². The molecule has 0 aliphatic carbocycles. The average Bonchev–Trinajstić information content (AvgIpc) is 3.52. The Labute approximate surface area is 249 Å². The number of aromatic nitrogens is 4. The third-order valence-electron chi connectivity index (χ3n) is 8.60. The number of unbranched alkanes of at least 4 members (excludes halogenated alkanes) is 3. The summed E-state index contributed by atoms with van der Waals surface area (Å²) >= 11 is 0. The molecular weight excluding hydrogens is 516 g/mol. The fourth-order valence-electron chi connectivity index (χ4n) is 6.81. The number of rotatable bonds is 12. The Balaban J connectivity index is 1.43. The fraction of sp³-hybridized carbons (Fsp3) is 0.389. The third-order valence-corrected chi connectivity index (χ3v) is 8.60. The molecule has 6 rings (SSSR count). The summed E-state index contributed by atoms with van der Waals surface area (Å²) < 4.78 is 4.95. The number of benzene rings is 2. The van der Waals surface area contributed by atoms with E-state index in [0.717, 1.165) is 50.4 Å². The smallest absolute Gasteiger partial charge is 0.0786 e. The summed E-state index contributed by atoms with van der Waals surface area (Å²) in [4.78, 5) is 12.6. The predicted molar refractivity (Wildman–Crippen MR) is 177 cm³/mol. The van der Waals surface area contributed by atoms with Gasteiger partial charge in [0, 0.05) is 70.1 Å². The highest BCUT2D eigenvalue weighted by Crippen LogP contribution is 2.35. The maximum absolute atomic E-state index is 5.79. The summed E-state index contributed by atoms with van der Waals surface area (Å²) in [6, 6.07) is 22.5. The molecule has 2 N–H and O–H groups in total. The Morgan fingerprint density at radius 2 is 1.10 bits per heavy atom. The highest BCUT2D eigenvalue weighted by atomic mass is 15.1. The molecule has 0 saturated heterocycles. The van der Waals surface area contributed by atoms with Crippen molar-refractivity contribution in [2.24, 2.45) is 5.73 Å². The number of para-hydroxylation sites is 2. The molecule has 0 spiro atoms. The monoisotopic (exact) mass is 560 g/mol. The molecule has 6 nitrogen and oxygen atoms in total. The van der Waals surface area contributed by atoms with E-state index < -0.39 is 0 Å². The van der Waals surface area contributed by atoms with Crippen LogP contribution < -0.4 is 5.73 Å².